The molecule has 1 saturated heterocycles. The first-order valence-corrected chi connectivity index (χ1v) is 10.6. The van der Waals surface area contributed by atoms with Gasteiger partial charge in [0.05, 0.1) is 18.7 Å². The van der Waals surface area contributed by atoms with Crippen LogP contribution in [0.4, 0.5) is 5.82 Å². The van der Waals surface area contributed by atoms with Crippen molar-refractivity contribution < 1.29 is 28.7 Å². The molecule has 2 heterocycles. The fourth-order valence-corrected chi connectivity index (χ4v) is 3.96. The standard InChI is InChI=1S/C26H24N2O6/c1-5-11-33-19-8-6-7-17(14-19)23-22(24(29)18-9-10-20(32-4)15(2)12-18)25(30)26(31)28(23)21-13-16(3)34-27-21/h5-10,12-14,23,29H,1,11H2,2-4H3/b24-22+/t23-/m1/s1. The van der Waals surface area contributed by atoms with Crippen LogP contribution < -0.4 is 14.4 Å². The number of benzene rings is 2. The number of carbonyl (C=O) groups excluding carboxylic acids is 2. The Balaban J connectivity index is 1.91. The van der Waals surface area contributed by atoms with Crippen molar-refractivity contribution in [2.24, 2.45) is 0 Å². The number of Topliss-reactive ketones (excluding diaryl/α,β-unsaturated/α-hetero) is 1. The third-order valence-corrected chi connectivity index (χ3v) is 5.52. The first kappa shape index (κ1) is 22.8. The molecule has 1 amide bonds. The highest BCUT2D eigenvalue weighted by Gasteiger charge is 2.48. The minimum Gasteiger partial charge on any atom is -0.507 e. The molecule has 2 aromatic carbocycles. The van der Waals surface area contributed by atoms with Gasteiger partial charge in [-0.25, -0.2) is 0 Å². The highest BCUT2D eigenvalue weighted by Crippen LogP contribution is 2.42. The number of amides is 1. The number of ketones is 1. The summed E-state index contributed by atoms with van der Waals surface area (Å²) < 4.78 is 16.1. The van der Waals surface area contributed by atoms with Crippen LogP contribution in [0.2, 0.25) is 0 Å². The number of aryl methyl sites for hydroxylation is 2. The molecule has 1 aromatic heterocycles. The Morgan fingerprint density at radius 1 is 1.21 bits per heavy atom. The molecule has 1 N–H and O–H groups in total. The van der Waals surface area contributed by atoms with Crippen molar-refractivity contribution in [1.82, 2.24) is 5.16 Å². The van der Waals surface area contributed by atoms with Crippen LogP contribution >= 0.6 is 0 Å². The molecule has 34 heavy (non-hydrogen) atoms. The van der Waals surface area contributed by atoms with Crippen molar-refractivity contribution in [3.05, 3.63) is 89.2 Å². The van der Waals surface area contributed by atoms with Crippen molar-refractivity contribution in [2.45, 2.75) is 19.9 Å². The van der Waals surface area contributed by atoms with E-state index in [1.54, 1.807) is 68.6 Å². The first-order chi connectivity index (χ1) is 16.3. The van der Waals surface area contributed by atoms with Crippen molar-refractivity contribution in [1.29, 1.82) is 0 Å². The van der Waals surface area contributed by atoms with Crippen LogP contribution in [0.25, 0.3) is 5.76 Å². The van der Waals surface area contributed by atoms with Gasteiger partial charge in [-0.2, -0.15) is 0 Å². The SMILES string of the molecule is C=CCOc1cccc([C@@H]2/C(=C(\O)c3ccc(OC)c(C)c3)C(=O)C(=O)N2c2cc(C)on2)c1. The molecule has 0 unspecified atom stereocenters. The molecular formula is C26H24N2O6. The minimum atomic E-state index is -0.945. The Labute approximate surface area is 196 Å². The molecule has 0 saturated carbocycles. The van der Waals surface area contributed by atoms with Gasteiger partial charge < -0.3 is 19.1 Å². The van der Waals surface area contributed by atoms with E-state index in [4.69, 9.17) is 14.0 Å². The maximum Gasteiger partial charge on any atom is 0.301 e. The minimum absolute atomic E-state index is 0.0592. The summed E-state index contributed by atoms with van der Waals surface area (Å²) in [6.07, 6.45) is 1.61. The maximum absolute atomic E-state index is 13.2. The van der Waals surface area contributed by atoms with E-state index in [-0.39, 0.29) is 23.8 Å². The number of methoxy groups -OCH3 is 1. The lowest BCUT2D eigenvalue weighted by Crippen LogP contribution is -2.29. The molecule has 0 spiro atoms. The smallest absolute Gasteiger partial charge is 0.301 e. The van der Waals surface area contributed by atoms with Crippen LogP contribution in [0, 0.1) is 13.8 Å². The molecule has 4 rings (SSSR count). The Kier molecular flexibility index (Phi) is 6.23. The van der Waals surface area contributed by atoms with E-state index in [0.29, 0.717) is 28.4 Å². The summed E-state index contributed by atoms with van der Waals surface area (Å²) in [6, 6.07) is 12.6. The number of aromatic nitrogens is 1. The van der Waals surface area contributed by atoms with Crippen LogP contribution in [-0.2, 0) is 9.59 Å². The van der Waals surface area contributed by atoms with Gasteiger partial charge in [0.25, 0.3) is 5.78 Å². The van der Waals surface area contributed by atoms with Gasteiger partial charge in [-0.15, -0.1) is 0 Å². The summed E-state index contributed by atoms with van der Waals surface area (Å²) in [5.41, 5.74) is 1.66. The lowest BCUT2D eigenvalue weighted by Gasteiger charge is -2.23. The van der Waals surface area contributed by atoms with Gasteiger partial charge in [-0.1, -0.05) is 29.9 Å². The van der Waals surface area contributed by atoms with Gasteiger partial charge in [0.2, 0.25) is 0 Å². The topological polar surface area (TPSA) is 102 Å². The molecule has 3 aromatic rings. The third kappa shape index (κ3) is 4.05. The molecule has 174 valence electrons. The molecule has 1 aliphatic rings. The van der Waals surface area contributed by atoms with Crippen molar-refractivity contribution in [3.63, 3.8) is 0 Å². The van der Waals surface area contributed by atoms with Crippen LogP contribution in [0.15, 0.2) is 71.3 Å². The fraction of sp³-hybridized carbons (Fsp3) is 0.192. The average molecular weight is 460 g/mol. The Bertz CT molecular complexity index is 1310. The monoisotopic (exact) mass is 460 g/mol. The summed E-state index contributed by atoms with van der Waals surface area (Å²) in [5.74, 6) is -0.124. The van der Waals surface area contributed by atoms with Crippen molar-refractivity contribution in [2.75, 3.05) is 18.6 Å². The Morgan fingerprint density at radius 3 is 2.65 bits per heavy atom. The highest BCUT2D eigenvalue weighted by atomic mass is 16.5. The number of aliphatic hydroxyl groups excluding tert-OH is 1. The normalized spacial score (nSPS) is 17.1. The zero-order chi connectivity index (χ0) is 24.4. The van der Waals surface area contributed by atoms with Crippen LogP contribution in [0.1, 0.15) is 28.5 Å². The second-order valence-electron chi connectivity index (χ2n) is 7.82. The maximum atomic E-state index is 13.2. The molecule has 0 aliphatic carbocycles. The second kappa shape index (κ2) is 9.27. The van der Waals surface area contributed by atoms with Crippen LogP contribution in [0.3, 0.4) is 0 Å². The first-order valence-electron chi connectivity index (χ1n) is 10.6. The van der Waals surface area contributed by atoms with Gasteiger partial charge in [-0.05, 0) is 55.3 Å². The van der Waals surface area contributed by atoms with Gasteiger partial charge in [0.15, 0.2) is 5.82 Å². The van der Waals surface area contributed by atoms with E-state index < -0.39 is 17.7 Å². The molecule has 8 heteroatoms. The molecule has 0 bridgehead atoms. The zero-order valence-electron chi connectivity index (χ0n) is 19.1. The molecule has 1 fully saturated rings. The van der Waals surface area contributed by atoms with Crippen LogP contribution in [-0.4, -0.2) is 35.7 Å². The lowest BCUT2D eigenvalue weighted by molar-refractivity contribution is -0.132. The van der Waals surface area contributed by atoms with Crippen LogP contribution in [0.5, 0.6) is 11.5 Å². The number of anilines is 1. The Hall–Kier alpha value is -4.33. The Morgan fingerprint density at radius 2 is 2.00 bits per heavy atom. The number of hydrogen-bond acceptors (Lipinski definition) is 7. The summed E-state index contributed by atoms with van der Waals surface area (Å²) in [6.45, 7) is 7.45. The summed E-state index contributed by atoms with van der Waals surface area (Å²) in [5, 5.41) is 15.2. The van der Waals surface area contributed by atoms with Gasteiger partial charge in [-0.3, -0.25) is 14.5 Å². The predicted octanol–water partition coefficient (Wildman–Crippen LogP) is 4.49. The highest BCUT2D eigenvalue weighted by molar-refractivity contribution is 6.51. The quantitative estimate of drug-likeness (QED) is 0.240. The average Bonchev–Trinajstić information content (AvgIpc) is 3.37. The van der Waals surface area contributed by atoms with E-state index in [9.17, 15) is 14.7 Å². The molecule has 1 aliphatic heterocycles. The number of hydrogen-bond donors (Lipinski definition) is 1. The number of carbonyl (C=O) groups is 2. The number of aliphatic hydroxyl groups is 1. The van der Waals surface area contributed by atoms with E-state index >= 15 is 0 Å². The van der Waals surface area contributed by atoms with Gasteiger partial charge in [0.1, 0.15) is 29.6 Å². The second-order valence-corrected chi connectivity index (χ2v) is 7.82. The fourth-order valence-electron chi connectivity index (χ4n) is 3.96. The molecular weight excluding hydrogens is 436 g/mol. The van der Waals surface area contributed by atoms with Gasteiger partial charge in [0, 0.05) is 11.6 Å². The lowest BCUT2D eigenvalue weighted by atomic mass is 9.94. The van der Waals surface area contributed by atoms with Crippen molar-refractivity contribution >= 4 is 23.3 Å². The van der Waals surface area contributed by atoms with E-state index in [0.717, 1.165) is 5.56 Å². The predicted molar refractivity (Wildman–Crippen MR) is 126 cm³/mol. The largest absolute Gasteiger partial charge is 0.507 e. The number of nitrogens with zero attached hydrogens (tertiary/aromatic N) is 2. The van der Waals surface area contributed by atoms with Gasteiger partial charge >= 0.3 is 5.91 Å². The number of ether oxygens (including phenoxy) is 2. The summed E-state index contributed by atoms with van der Waals surface area (Å²) in [4.78, 5) is 27.6. The van der Waals surface area contributed by atoms with E-state index in [1.807, 2.05) is 6.92 Å². The molecule has 0 radical (unpaired) electrons. The van der Waals surface area contributed by atoms with E-state index in [1.165, 1.54) is 4.90 Å². The summed E-state index contributed by atoms with van der Waals surface area (Å²) in [7, 11) is 1.55. The molecule has 8 nitrogen and oxygen atoms in total. The molecule has 1 atom stereocenters. The third-order valence-electron chi connectivity index (χ3n) is 5.52. The zero-order valence-corrected chi connectivity index (χ0v) is 19.1. The van der Waals surface area contributed by atoms with E-state index in [2.05, 4.69) is 11.7 Å². The summed E-state index contributed by atoms with van der Waals surface area (Å²) >= 11 is 0. The van der Waals surface area contributed by atoms with Crippen molar-refractivity contribution in [3.8, 4) is 11.5 Å². The number of rotatable bonds is 7.